The van der Waals surface area contributed by atoms with E-state index in [9.17, 15) is 26.4 Å². The summed E-state index contributed by atoms with van der Waals surface area (Å²) in [4.78, 5) is 32.3. The minimum absolute atomic E-state index is 0.00882. The first-order valence-electron chi connectivity index (χ1n) is 12.8. The van der Waals surface area contributed by atoms with Gasteiger partial charge in [-0.3, -0.25) is 9.59 Å². The summed E-state index contributed by atoms with van der Waals surface area (Å²) in [5.74, 6) is -0.885. The van der Waals surface area contributed by atoms with Gasteiger partial charge in [0.15, 0.2) is 5.75 Å². The van der Waals surface area contributed by atoms with Gasteiger partial charge in [0.25, 0.3) is 15.9 Å². The van der Waals surface area contributed by atoms with Gasteiger partial charge in [0.05, 0.1) is 27.9 Å². The lowest BCUT2D eigenvalue weighted by Crippen LogP contribution is -2.52. The number of rotatable bonds is 10. The highest BCUT2D eigenvalue weighted by Crippen LogP contribution is 2.32. The molecule has 0 atom stereocenters. The number of nitrogens with one attached hydrogen (secondary N) is 1. The van der Waals surface area contributed by atoms with Gasteiger partial charge in [-0.2, -0.15) is 12.7 Å². The number of carbonyl (C=O) groups is 2. The van der Waals surface area contributed by atoms with Crippen molar-refractivity contribution in [2.75, 3.05) is 42.9 Å². The van der Waals surface area contributed by atoms with Crippen molar-refractivity contribution < 1.29 is 31.3 Å². The van der Waals surface area contributed by atoms with Crippen LogP contribution in [-0.4, -0.2) is 76.3 Å². The summed E-state index contributed by atoms with van der Waals surface area (Å²) in [6.45, 7) is 2.11. The highest BCUT2D eigenvalue weighted by atomic mass is 35.5. The van der Waals surface area contributed by atoms with Gasteiger partial charge in [0.1, 0.15) is 0 Å². The second-order valence-electron chi connectivity index (χ2n) is 9.12. The van der Waals surface area contributed by atoms with Crippen molar-refractivity contribution in [3.8, 4) is 5.75 Å². The molecule has 224 valence electrons. The lowest BCUT2D eigenvalue weighted by atomic mass is 10.2. The van der Waals surface area contributed by atoms with Crippen LogP contribution < -0.4 is 14.6 Å². The smallest absolute Gasteiger partial charge is 0.295 e. The fourth-order valence-corrected chi connectivity index (χ4v) is 6.85. The molecule has 1 N–H and O–H groups in total. The first-order valence-corrected chi connectivity index (χ1v) is 16.6. The Morgan fingerprint density at radius 3 is 2.14 bits per heavy atom. The average Bonchev–Trinajstić information content (AvgIpc) is 2.99. The van der Waals surface area contributed by atoms with Gasteiger partial charge in [-0.15, -0.1) is 0 Å². The number of hydrogen-bond acceptors (Lipinski definition) is 7. The van der Waals surface area contributed by atoms with Crippen molar-refractivity contribution >= 4 is 60.8 Å². The van der Waals surface area contributed by atoms with Crippen molar-refractivity contribution in [2.24, 2.45) is 0 Å². The molecule has 0 spiro atoms. The van der Waals surface area contributed by atoms with E-state index in [1.54, 1.807) is 37.3 Å². The van der Waals surface area contributed by atoms with Gasteiger partial charge in [-0.05, 0) is 61.5 Å². The summed E-state index contributed by atoms with van der Waals surface area (Å²) in [5, 5.41) is 2.98. The van der Waals surface area contributed by atoms with Crippen LogP contribution in [0.2, 0.25) is 10.0 Å². The van der Waals surface area contributed by atoms with E-state index >= 15 is 0 Å². The molecule has 0 unspecified atom stereocenters. The maximum atomic E-state index is 13.6. The third-order valence-electron chi connectivity index (χ3n) is 6.42. The number of hydrogen-bond donors (Lipinski definition) is 1. The largest absolute Gasteiger partial charge is 0.363 e. The van der Waals surface area contributed by atoms with E-state index in [4.69, 9.17) is 28.0 Å². The topological polar surface area (TPSA) is 133 Å². The normalized spacial score (nSPS) is 14.3. The molecule has 1 saturated heterocycles. The Labute approximate surface area is 254 Å². The third kappa shape index (κ3) is 7.34. The van der Waals surface area contributed by atoms with Gasteiger partial charge >= 0.3 is 0 Å². The molecular formula is C27H28Cl2N4O7S2. The zero-order valence-corrected chi connectivity index (χ0v) is 25.6. The molecule has 1 fully saturated rings. The number of benzene rings is 3. The van der Waals surface area contributed by atoms with Crippen LogP contribution in [0.25, 0.3) is 0 Å². The molecule has 0 radical (unpaired) electrons. The number of nitrogens with zero attached hydrogens (tertiary/aromatic N) is 3. The SMILES string of the molecule is CCS(=O)(=O)N1CCN(C(=O)CNC(=O)c2ccc(S(=O)(=O)N(Oc3ccc(Cl)cc3Cl)c3ccccc3)cc2)CC1. The molecule has 1 heterocycles. The zero-order chi connectivity index (χ0) is 30.5. The van der Waals surface area contributed by atoms with Gasteiger partial charge in [0.2, 0.25) is 15.9 Å². The Hall–Kier alpha value is -3.36. The molecule has 2 amide bonds. The summed E-state index contributed by atoms with van der Waals surface area (Å²) in [7, 11) is -7.62. The molecule has 4 rings (SSSR count). The average molecular weight is 656 g/mol. The predicted octanol–water partition coefficient (Wildman–Crippen LogP) is 3.41. The maximum Gasteiger partial charge on any atom is 0.295 e. The predicted molar refractivity (Wildman–Crippen MR) is 160 cm³/mol. The Morgan fingerprint density at radius 1 is 0.905 bits per heavy atom. The molecule has 42 heavy (non-hydrogen) atoms. The molecule has 0 aromatic heterocycles. The highest BCUT2D eigenvalue weighted by Gasteiger charge is 2.29. The Kier molecular flexibility index (Phi) is 10.00. The number of amides is 2. The van der Waals surface area contributed by atoms with Gasteiger partial charge < -0.3 is 15.1 Å². The first-order chi connectivity index (χ1) is 19.9. The fraction of sp³-hybridized carbons (Fsp3) is 0.259. The van der Waals surface area contributed by atoms with E-state index < -0.39 is 26.0 Å². The summed E-state index contributed by atoms with van der Waals surface area (Å²) < 4.78 is 53.4. The zero-order valence-electron chi connectivity index (χ0n) is 22.4. The first kappa shape index (κ1) is 31.6. The van der Waals surface area contributed by atoms with Crippen LogP contribution in [0, 0.1) is 0 Å². The number of carbonyl (C=O) groups excluding carboxylic acids is 2. The standard InChI is InChI=1S/C27H28Cl2N4O7S2/c1-2-41(36,37)32-16-14-31(15-17-32)26(34)19-30-27(35)20-8-11-23(12-9-20)42(38,39)33(22-6-4-3-5-7-22)40-25-13-10-21(28)18-24(25)29/h3-13,18H,2,14-17,19H2,1H3,(H,30,35). The lowest BCUT2D eigenvalue weighted by molar-refractivity contribution is -0.131. The Balaban J connectivity index is 1.43. The number of para-hydroxylation sites is 1. The molecular weight excluding hydrogens is 627 g/mol. The molecule has 3 aromatic carbocycles. The second kappa shape index (κ2) is 13.3. The van der Waals surface area contributed by atoms with Crippen molar-refractivity contribution in [3.63, 3.8) is 0 Å². The van der Waals surface area contributed by atoms with E-state index in [1.807, 2.05) is 0 Å². The van der Waals surface area contributed by atoms with E-state index in [0.717, 1.165) is 4.47 Å². The number of sulfonamides is 2. The third-order valence-corrected chi connectivity index (χ3v) is 10.4. The molecule has 3 aromatic rings. The summed E-state index contributed by atoms with van der Waals surface area (Å²) in [6.07, 6.45) is 0. The lowest BCUT2D eigenvalue weighted by Gasteiger charge is -2.33. The molecule has 15 heteroatoms. The monoisotopic (exact) mass is 654 g/mol. The van der Waals surface area contributed by atoms with Crippen LogP contribution in [0.5, 0.6) is 5.75 Å². The van der Waals surface area contributed by atoms with Crippen molar-refractivity contribution in [1.29, 1.82) is 0 Å². The number of halogens is 2. The Morgan fingerprint density at radius 2 is 1.55 bits per heavy atom. The van der Waals surface area contributed by atoms with Crippen LogP contribution in [0.3, 0.4) is 0 Å². The minimum Gasteiger partial charge on any atom is -0.363 e. The molecule has 1 aliphatic heterocycles. The quantitative estimate of drug-likeness (QED) is 0.331. The second-order valence-corrected chi connectivity index (χ2v) is 14.0. The van der Waals surface area contributed by atoms with Crippen molar-refractivity contribution in [1.82, 2.24) is 14.5 Å². The van der Waals surface area contributed by atoms with Crippen LogP contribution in [0.4, 0.5) is 5.69 Å². The van der Waals surface area contributed by atoms with Crippen molar-refractivity contribution in [2.45, 2.75) is 11.8 Å². The van der Waals surface area contributed by atoms with Gasteiger partial charge in [-0.25, -0.2) is 8.42 Å². The summed E-state index contributed by atoms with van der Waals surface area (Å²) >= 11 is 12.2. The molecule has 11 nitrogen and oxygen atoms in total. The van der Waals surface area contributed by atoms with E-state index in [0.29, 0.717) is 5.02 Å². The summed E-state index contributed by atoms with van der Waals surface area (Å²) in [6, 6.07) is 17.6. The fourth-order valence-electron chi connectivity index (χ4n) is 4.07. The molecule has 1 aliphatic rings. The summed E-state index contributed by atoms with van der Waals surface area (Å²) in [5.41, 5.74) is 0.338. The van der Waals surface area contributed by atoms with E-state index in [2.05, 4.69) is 5.32 Å². The highest BCUT2D eigenvalue weighted by molar-refractivity contribution is 7.92. The van der Waals surface area contributed by atoms with Crippen LogP contribution in [0.15, 0.2) is 77.7 Å². The molecule has 0 saturated carbocycles. The maximum absolute atomic E-state index is 13.6. The van der Waals surface area contributed by atoms with E-state index in [1.165, 1.54) is 51.7 Å². The molecule has 0 bridgehead atoms. The van der Waals surface area contributed by atoms with Crippen LogP contribution in [-0.2, 0) is 24.8 Å². The van der Waals surface area contributed by atoms with Gasteiger partial charge in [0, 0.05) is 36.8 Å². The van der Waals surface area contributed by atoms with E-state index in [-0.39, 0.29) is 71.3 Å². The van der Waals surface area contributed by atoms with Crippen LogP contribution in [0.1, 0.15) is 17.3 Å². The number of anilines is 1. The van der Waals surface area contributed by atoms with Crippen molar-refractivity contribution in [3.05, 3.63) is 88.4 Å². The van der Waals surface area contributed by atoms with Crippen LogP contribution >= 0.6 is 23.2 Å². The van der Waals surface area contributed by atoms with Gasteiger partial charge in [-0.1, -0.05) is 45.9 Å². The number of piperazine rings is 1. The minimum atomic E-state index is -4.30. The molecule has 0 aliphatic carbocycles. The Bertz CT molecular complexity index is 1650.